The van der Waals surface area contributed by atoms with Crippen LogP contribution in [0.15, 0.2) is 72.9 Å². The van der Waals surface area contributed by atoms with E-state index in [2.05, 4.69) is 10.4 Å². The quantitative estimate of drug-likeness (QED) is 0.742. The Bertz CT molecular complexity index is 996. The average Bonchev–Trinajstić information content (AvgIpc) is 2.94. The molecule has 6 nitrogen and oxygen atoms in total. The molecule has 0 radical (unpaired) electrons. The summed E-state index contributed by atoms with van der Waals surface area (Å²) in [6, 6.07) is 19.4. The zero-order valence-electron chi connectivity index (χ0n) is 13.5. The van der Waals surface area contributed by atoms with E-state index in [1.165, 1.54) is 6.20 Å². The van der Waals surface area contributed by atoms with Crippen molar-refractivity contribution in [3.05, 3.63) is 89.7 Å². The van der Waals surface area contributed by atoms with E-state index in [-0.39, 0.29) is 16.8 Å². The number of hydrazine groups is 1. The molecule has 3 aromatic rings. The van der Waals surface area contributed by atoms with Crippen LogP contribution < -0.4 is 5.43 Å². The highest BCUT2D eigenvalue weighted by Crippen LogP contribution is 2.22. The highest BCUT2D eigenvalue weighted by Gasteiger charge is 2.36. The van der Waals surface area contributed by atoms with Crippen molar-refractivity contribution < 1.29 is 14.4 Å². The predicted molar refractivity (Wildman–Crippen MR) is 94.1 cm³/mol. The number of nitrogens with zero attached hydrogens (tertiary/aromatic N) is 2. The first-order chi connectivity index (χ1) is 12.6. The van der Waals surface area contributed by atoms with Gasteiger partial charge in [-0.2, -0.15) is 5.01 Å². The zero-order valence-corrected chi connectivity index (χ0v) is 13.5. The van der Waals surface area contributed by atoms with E-state index in [1.807, 2.05) is 30.3 Å². The lowest BCUT2D eigenvalue weighted by Crippen LogP contribution is -2.46. The number of aromatic nitrogens is 1. The Morgan fingerprint density at radius 1 is 0.808 bits per heavy atom. The molecule has 26 heavy (non-hydrogen) atoms. The molecular formula is C20H13N3O3. The van der Waals surface area contributed by atoms with Crippen LogP contribution in [0.25, 0.3) is 11.1 Å². The Labute approximate surface area is 149 Å². The van der Waals surface area contributed by atoms with Crippen molar-refractivity contribution in [2.45, 2.75) is 0 Å². The number of carbonyl (C=O) groups is 3. The van der Waals surface area contributed by atoms with Gasteiger partial charge in [-0.25, -0.2) is 0 Å². The van der Waals surface area contributed by atoms with Crippen LogP contribution in [0.3, 0.4) is 0 Å². The van der Waals surface area contributed by atoms with Gasteiger partial charge in [0.05, 0.1) is 11.1 Å². The second-order valence-corrected chi connectivity index (χ2v) is 5.73. The fourth-order valence-corrected chi connectivity index (χ4v) is 2.81. The number of hydrogen-bond donors (Lipinski definition) is 1. The van der Waals surface area contributed by atoms with Crippen LogP contribution >= 0.6 is 0 Å². The fraction of sp³-hybridized carbons (Fsp3) is 0. The summed E-state index contributed by atoms with van der Waals surface area (Å²) < 4.78 is 0. The molecule has 4 rings (SSSR count). The molecule has 3 amide bonds. The van der Waals surface area contributed by atoms with E-state index in [0.717, 1.165) is 16.1 Å². The summed E-state index contributed by atoms with van der Waals surface area (Å²) in [5, 5.41) is 0.726. The number of amides is 3. The van der Waals surface area contributed by atoms with Crippen LogP contribution in [0, 0.1) is 0 Å². The molecule has 0 atom stereocenters. The van der Waals surface area contributed by atoms with Gasteiger partial charge < -0.3 is 0 Å². The summed E-state index contributed by atoms with van der Waals surface area (Å²) in [4.78, 5) is 41.2. The maximum atomic E-state index is 12.5. The lowest BCUT2D eigenvalue weighted by Gasteiger charge is -2.14. The average molecular weight is 343 g/mol. The molecule has 1 aliphatic heterocycles. The number of hydrogen-bond acceptors (Lipinski definition) is 4. The topological polar surface area (TPSA) is 79.4 Å². The van der Waals surface area contributed by atoms with Crippen LogP contribution in [0.1, 0.15) is 31.2 Å². The highest BCUT2D eigenvalue weighted by molar-refractivity contribution is 6.22. The van der Waals surface area contributed by atoms with Gasteiger partial charge in [-0.1, -0.05) is 42.5 Å². The van der Waals surface area contributed by atoms with Crippen molar-refractivity contribution in [3.63, 3.8) is 0 Å². The molecule has 0 saturated carbocycles. The molecule has 0 fully saturated rings. The number of carbonyl (C=O) groups excluding carboxylic acids is 3. The summed E-state index contributed by atoms with van der Waals surface area (Å²) >= 11 is 0. The molecule has 6 heteroatoms. The number of imide groups is 1. The second kappa shape index (κ2) is 6.25. The van der Waals surface area contributed by atoms with Gasteiger partial charge in [-0.3, -0.25) is 24.8 Å². The van der Waals surface area contributed by atoms with E-state index in [1.54, 1.807) is 36.4 Å². The third-order valence-electron chi connectivity index (χ3n) is 4.11. The Morgan fingerprint density at radius 3 is 2.08 bits per heavy atom. The molecule has 126 valence electrons. The molecule has 1 N–H and O–H groups in total. The Hall–Kier alpha value is -3.80. The van der Waals surface area contributed by atoms with Crippen molar-refractivity contribution in [3.8, 4) is 11.1 Å². The second-order valence-electron chi connectivity index (χ2n) is 5.73. The van der Waals surface area contributed by atoms with E-state index >= 15 is 0 Å². The molecule has 0 unspecified atom stereocenters. The largest absolute Gasteiger partial charge is 0.288 e. The SMILES string of the molecule is O=C(NN1C(=O)c2ccccc2C1=O)c1cc(-c2ccccc2)ccn1. The molecule has 0 aliphatic carbocycles. The monoisotopic (exact) mass is 343 g/mol. The van der Waals surface area contributed by atoms with Crippen LogP contribution in [0.2, 0.25) is 0 Å². The van der Waals surface area contributed by atoms with Gasteiger partial charge in [0.25, 0.3) is 17.7 Å². The zero-order chi connectivity index (χ0) is 18.1. The van der Waals surface area contributed by atoms with Crippen molar-refractivity contribution in [1.29, 1.82) is 0 Å². The Kier molecular flexibility index (Phi) is 3.78. The standard InChI is InChI=1S/C20H13N3O3/c24-18(17-12-14(10-11-21-17)13-6-2-1-3-7-13)22-23-19(25)15-8-4-5-9-16(15)20(23)26/h1-12H,(H,22,24). The minimum atomic E-state index is -0.628. The molecular weight excluding hydrogens is 330 g/mol. The van der Waals surface area contributed by atoms with Crippen molar-refractivity contribution in [2.75, 3.05) is 0 Å². The fourth-order valence-electron chi connectivity index (χ4n) is 2.81. The van der Waals surface area contributed by atoms with Gasteiger partial charge in [0.1, 0.15) is 5.69 Å². The molecule has 0 spiro atoms. The molecule has 1 aromatic heterocycles. The van der Waals surface area contributed by atoms with Crippen LogP contribution in [-0.2, 0) is 0 Å². The van der Waals surface area contributed by atoms with Crippen molar-refractivity contribution in [2.24, 2.45) is 0 Å². The number of nitrogens with one attached hydrogen (secondary N) is 1. The summed E-state index contributed by atoms with van der Waals surface area (Å²) in [6.45, 7) is 0. The minimum Gasteiger partial charge on any atom is -0.267 e. The van der Waals surface area contributed by atoms with E-state index in [0.29, 0.717) is 0 Å². The van der Waals surface area contributed by atoms with Crippen molar-refractivity contribution >= 4 is 17.7 Å². The van der Waals surface area contributed by atoms with Gasteiger partial charge in [-0.05, 0) is 35.4 Å². The lowest BCUT2D eigenvalue weighted by atomic mass is 10.1. The van der Waals surface area contributed by atoms with Gasteiger partial charge >= 0.3 is 0 Å². The number of pyridine rings is 1. The number of fused-ring (bicyclic) bond motifs is 1. The van der Waals surface area contributed by atoms with Gasteiger partial charge in [0.15, 0.2) is 0 Å². The minimum absolute atomic E-state index is 0.114. The van der Waals surface area contributed by atoms with E-state index in [4.69, 9.17) is 0 Å². The van der Waals surface area contributed by atoms with Crippen LogP contribution in [0.5, 0.6) is 0 Å². The first-order valence-electron chi connectivity index (χ1n) is 7.95. The van der Waals surface area contributed by atoms with E-state index in [9.17, 15) is 14.4 Å². The van der Waals surface area contributed by atoms with Crippen molar-refractivity contribution in [1.82, 2.24) is 15.4 Å². The molecule has 0 saturated heterocycles. The summed E-state index contributed by atoms with van der Waals surface area (Å²) in [6.07, 6.45) is 1.51. The summed E-state index contributed by atoms with van der Waals surface area (Å²) in [7, 11) is 0. The molecule has 2 heterocycles. The van der Waals surface area contributed by atoms with E-state index < -0.39 is 17.7 Å². The summed E-state index contributed by atoms with van der Waals surface area (Å²) in [5.74, 6) is -1.74. The third-order valence-corrected chi connectivity index (χ3v) is 4.11. The van der Waals surface area contributed by atoms with Gasteiger partial charge in [0.2, 0.25) is 0 Å². The van der Waals surface area contributed by atoms with Crippen LogP contribution in [-0.4, -0.2) is 27.7 Å². The smallest absolute Gasteiger partial charge is 0.267 e. The normalized spacial score (nSPS) is 12.8. The van der Waals surface area contributed by atoms with Gasteiger partial charge in [-0.15, -0.1) is 0 Å². The highest BCUT2D eigenvalue weighted by atomic mass is 16.2. The Balaban J connectivity index is 1.58. The molecule has 1 aliphatic rings. The lowest BCUT2D eigenvalue weighted by molar-refractivity contribution is 0.0516. The number of benzene rings is 2. The third kappa shape index (κ3) is 2.63. The Morgan fingerprint density at radius 2 is 1.42 bits per heavy atom. The maximum Gasteiger partial charge on any atom is 0.288 e. The molecule has 2 aromatic carbocycles. The van der Waals surface area contributed by atoms with Crippen LogP contribution in [0.4, 0.5) is 0 Å². The first-order valence-corrected chi connectivity index (χ1v) is 7.95. The molecule has 0 bridgehead atoms. The summed E-state index contributed by atoms with van der Waals surface area (Å²) in [5.41, 5.74) is 4.75. The number of rotatable bonds is 3. The first kappa shape index (κ1) is 15.7. The predicted octanol–water partition coefficient (Wildman–Crippen LogP) is 2.69. The maximum absolute atomic E-state index is 12.5. The van der Waals surface area contributed by atoms with Gasteiger partial charge in [0, 0.05) is 6.20 Å².